The first-order chi connectivity index (χ1) is 11.8. The summed E-state index contributed by atoms with van der Waals surface area (Å²) in [6, 6.07) is 6.96. The van der Waals surface area contributed by atoms with Crippen LogP contribution < -0.4 is 10.0 Å². The van der Waals surface area contributed by atoms with Gasteiger partial charge in [0.25, 0.3) is 5.91 Å². The van der Waals surface area contributed by atoms with E-state index in [2.05, 4.69) is 14.9 Å². The van der Waals surface area contributed by atoms with Crippen molar-refractivity contribution in [3.05, 3.63) is 29.8 Å². The average molecular weight is 365 g/mol. The third kappa shape index (κ3) is 4.80. The fourth-order valence-corrected chi connectivity index (χ4v) is 4.60. The topological polar surface area (TPSA) is 78.5 Å². The van der Waals surface area contributed by atoms with E-state index in [1.165, 1.54) is 25.0 Å². The molecule has 2 fully saturated rings. The number of hydrogen-bond acceptors (Lipinski definition) is 4. The van der Waals surface area contributed by atoms with Gasteiger partial charge >= 0.3 is 0 Å². The molecule has 0 unspecified atom stereocenters. The maximum atomic E-state index is 12.5. The second kappa shape index (κ2) is 7.43. The van der Waals surface area contributed by atoms with Crippen LogP contribution >= 0.6 is 0 Å². The second-order valence-corrected chi connectivity index (χ2v) is 9.03. The van der Waals surface area contributed by atoms with E-state index in [1.54, 1.807) is 26.0 Å². The van der Waals surface area contributed by atoms with Gasteiger partial charge < -0.3 is 10.2 Å². The maximum absolute atomic E-state index is 12.5. The van der Waals surface area contributed by atoms with Gasteiger partial charge in [-0.2, -0.15) is 0 Å². The molecule has 1 aliphatic carbocycles. The molecule has 2 N–H and O–H groups in total. The Hall–Kier alpha value is -1.44. The monoisotopic (exact) mass is 365 g/mol. The van der Waals surface area contributed by atoms with Gasteiger partial charge in [0.05, 0.1) is 4.90 Å². The van der Waals surface area contributed by atoms with E-state index in [9.17, 15) is 13.2 Å². The number of sulfonamides is 1. The lowest BCUT2D eigenvalue weighted by atomic mass is 10.0. The summed E-state index contributed by atoms with van der Waals surface area (Å²) < 4.78 is 27.1. The Balaban J connectivity index is 1.61. The van der Waals surface area contributed by atoms with Crippen molar-refractivity contribution in [2.24, 2.45) is 0 Å². The minimum absolute atomic E-state index is 0.123. The van der Waals surface area contributed by atoms with Gasteiger partial charge in [-0.1, -0.05) is 6.07 Å². The molecule has 1 amide bonds. The highest BCUT2D eigenvalue weighted by Gasteiger charge is 2.32. The summed E-state index contributed by atoms with van der Waals surface area (Å²) in [7, 11) is -3.60. The van der Waals surface area contributed by atoms with Crippen LogP contribution in [-0.4, -0.2) is 50.4 Å². The number of rotatable bonds is 6. The zero-order chi connectivity index (χ0) is 18.0. The molecule has 1 aromatic carbocycles. The van der Waals surface area contributed by atoms with Crippen LogP contribution in [0, 0.1) is 0 Å². The van der Waals surface area contributed by atoms with Gasteiger partial charge in [-0.05, 0) is 57.7 Å². The molecule has 3 rings (SSSR count). The second-order valence-electron chi connectivity index (χ2n) is 7.32. The molecule has 0 radical (unpaired) electrons. The average Bonchev–Trinajstić information content (AvgIpc) is 3.39. The maximum Gasteiger partial charge on any atom is 0.251 e. The van der Waals surface area contributed by atoms with Crippen LogP contribution in [0.15, 0.2) is 29.2 Å². The van der Waals surface area contributed by atoms with E-state index >= 15 is 0 Å². The Labute approximate surface area is 150 Å². The Morgan fingerprint density at radius 2 is 1.84 bits per heavy atom. The van der Waals surface area contributed by atoms with Gasteiger partial charge in [0.15, 0.2) is 0 Å². The smallest absolute Gasteiger partial charge is 0.251 e. The molecule has 25 heavy (non-hydrogen) atoms. The van der Waals surface area contributed by atoms with E-state index in [-0.39, 0.29) is 22.9 Å². The van der Waals surface area contributed by atoms with Crippen molar-refractivity contribution in [3.63, 3.8) is 0 Å². The summed E-state index contributed by atoms with van der Waals surface area (Å²) >= 11 is 0. The Morgan fingerprint density at radius 1 is 1.16 bits per heavy atom. The molecule has 7 heteroatoms. The Morgan fingerprint density at radius 3 is 2.44 bits per heavy atom. The molecular formula is C18H27N3O3S. The van der Waals surface area contributed by atoms with Crippen LogP contribution in [0.1, 0.15) is 49.9 Å². The van der Waals surface area contributed by atoms with Crippen molar-refractivity contribution in [2.75, 3.05) is 13.1 Å². The van der Waals surface area contributed by atoms with Gasteiger partial charge in [0.2, 0.25) is 10.0 Å². The van der Waals surface area contributed by atoms with Gasteiger partial charge in [-0.25, -0.2) is 13.1 Å². The molecule has 138 valence electrons. The number of nitrogens with zero attached hydrogens (tertiary/aromatic N) is 1. The van der Waals surface area contributed by atoms with Crippen molar-refractivity contribution in [1.82, 2.24) is 14.9 Å². The summed E-state index contributed by atoms with van der Waals surface area (Å²) in [5.41, 5.74) is 0.385. The summed E-state index contributed by atoms with van der Waals surface area (Å²) in [6.07, 6.45) is 4.52. The van der Waals surface area contributed by atoms with Crippen LogP contribution in [0.2, 0.25) is 0 Å². The summed E-state index contributed by atoms with van der Waals surface area (Å²) in [6.45, 7) is 5.59. The number of benzene rings is 1. The van der Waals surface area contributed by atoms with Gasteiger partial charge in [-0.15, -0.1) is 0 Å². The molecule has 1 saturated carbocycles. The zero-order valence-corrected chi connectivity index (χ0v) is 15.7. The summed E-state index contributed by atoms with van der Waals surface area (Å²) in [5, 5.41) is 3.05. The molecule has 0 aromatic heterocycles. The lowest BCUT2D eigenvalue weighted by Crippen LogP contribution is -2.45. The lowest BCUT2D eigenvalue weighted by molar-refractivity contribution is 0.0909. The molecule has 0 spiro atoms. The summed E-state index contributed by atoms with van der Waals surface area (Å²) in [4.78, 5) is 15.1. The van der Waals surface area contributed by atoms with E-state index in [4.69, 9.17) is 0 Å². The predicted molar refractivity (Wildman–Crippen MR) is 97.0 cm³/mol. The van der Waals surface area contributed by atoms with Crippen molar-refractivity contribution in [3.8, 4) is 0 Å². The molecule has 1 saturated heterocycles. The van der Waals surface area contributed by atoms with Gasteiger partial charge in [0.1, 0.15) is 0 Å². The van der Waals surface area contributed by atoms with Crippen LogP contribution in [0.3, 0.4) is 0 Å². The number of likely N-dealkylation sites (tertiary alicyclic amines) is 1. The molecule has 0 bridgehead atoms. The number of hydrogen-bond donors (Lipinski definition) is 2. The third-order valence-corrected chi connectivity index (χ3v) is 6.38. The Kier molecular flexibility index (Phi) is 5.46. The third-order valence-electron chi connectivity index (χ3n) is 4.73. The van der Waals surface area contributed by atoms with E-state index in [0.29, 0.717) is 5.56 Å². The highest BCUT2D eigenvalue weighted by Crippen LogP contribution is 2.29. The number of carbonyl (C=O) groups is 1. The largest absolute Gasteiger partial charge is 0.349 e. The van der Waals surface area contributed by atoms with Crippen LogP contribution in [0.4, 0.5) is 0 Å². The lowest BCUT2D eigenvalue weighted by Gasteiger charge is -2.32. The Bertz CT molecular complexity index is 721. The van der Waals surface area contributed by atoms with Crippen LogP contribution in [0.25, 0.3) is 0 Å². The number of amides is 1. The zero-order valence-electron chi connectivity index (χ0n) is 14.9. The van der Waals surface area contributed by atoms with E-state index in [1.807, 2.05) is 0 Å². The normalized spacial score (nSPS) is 20.0. The fraction of sp³-hybridized carbons (Fsp3) is 0.611. The standard InChI is InChI=1S/C18H27N3O3S/c1-13(2)20-25(23,24)17-5-3-4-14(12-17)18(22)19-15-8-10-21(11-9-15)16-6-7-16/h3-5,12-13,15-16,20H,6-11H2,1-2H3,(H,19,22). The minimum atomic E-state index is -3.60. The number of carbonyl (C=O) groups excluding carboxylic acids is 1. The van der Waals surface area contributed by atoms with Crippen molar-refractivity contribution < 1.29 is 13.2 Å². The number of nitrogens with one attached hydrogen (secondary N) is 2. The first kappa shape index (κ1) is 18.4. The van der Waals surface area contributed by atoms with E-state index in [0.717, 1.165) is 32.0 Å². The van der Waals surface area contributed by atoms with Crippen molar-refractivity contribution in [1.29, 1.82) is 0 Å². The van der Waals surface area contributed by atoms with E-state index < -0.39 is 10.0 Å². The van der Waals surface area contributed by atoms with Crippen molar-refractivity contribution in [2.45, 2.75) is 62.6 Å². The van der Waals surface area contributed by atoms with Crippen LogP contribution in [-0.2, 0) is 10.0 Å². The van der Waals surface area contributed by atoms with Gasteiger partial charge in [0, 0.05) is 36.8 Å². The highest BCUT2D eigenvalue weighted by atomic mass is 32.2. The summed E-state index contributed by atoms with van der Waals surface area (Å²) in [5.74, 6) is -0.202. The predicted octanol–water partition coefficient (Wildman–Crippen LogP) is 1.73. The first-order valence-corrected chi connectivity index (χ1v) is 10.5. The van der Waals surface area contributed by atoms with Gasteiger partial charge in [-0.3, -0.25) is 4.79 Å². The quantitative estimate of drug-likeness (QED) is 0.805. The fourth-order valence-electron chi connectivity index (χ4n) is 3.30. The number of piperidine rings is 1. The minimum Gasteiger partial charge on any atom is -0.349 e. The first-order valence-electron chi connectivity index (χ1n) is 9.02. The molecular weight excluding hydrogens is 338 g/mol. The molecule has 1 heterocycles. The van der Waals surface area contributed by atoms with Crippen LogP contribution in [0.5, 0.6) is 0 Å². The molecule has 6 nitrogen and oxygen atoms in total. The molecule has 2 aliphatic rings. The highest BCUT2D eigenvalue weighted by molar-refractivity contribution is 7.89. The molecule has 1 aliphatic heterocycles. The SMILES string of the molecule is CC(C)NS(=O)(=O)c1cccc(C(=O)NC2CCN(C3CC3)CC2)c1. The van der Waals surface area contributed by atoms with Crippen molar-refractivity contribution >= 4 is 15.9 Å². The molecule has 1 aromatic rings. The molecule has 0 atom stereocenters.